The zero-order valence-corrected chi connectivity index (χ0v) is 29.4. The maximum Gasteiger partial charge on any atom is 0.335 e. The average molecular weight is 728 g/mol. The van der Waals surface area contributed by atoms with E-state index >= 15 is 4.39 Å². The van der Waals surface area contributed by atoms with E-state index in [0.29, 0.717) is 48.0 Å². The lowest BCUT2D eigenvalue weighted by Gasteiger charge is -2.26. The molecule has 0 spiro atoms. The summed E-state index contributed by atoms with van der Waals surface area (Å²) in [7, 11) is 0. The fourth-order valence-electron chi connectivity index (χ4n) is 6.51. The van der Waals surface area contributed by atoms with Gasteiger partial charge in [0.1, 0.15) is 30.3 Å². The summed E-state index contributed by atoms with van der Waals surface area (Å²) in [6, 6.07) is 11.5. The Morgan fingerprint density at radius 1 is 0.925 bits per heavy atom. The van der Waals surface area contributed by atoms with Gasteiger partial charge in [-0.05, 0) is 88.7 Å². The predicted molar refractivity (Wildman–Crippen MR) is 194 cm³/mol. The highest BCUT2D eigenvalue weighted by atomic mass is 19.1. The number of ether oxygens (including phenoxy) is 4. The van der Waals surface area contributed by atoms with Crippen LogP contribution in [0.1, 0.15) is 55.9 Å². The van der Waals surface area contributed by atoms with E-state index in [0.717, 1.165) is 55.0 Å². The van der Waals surface area contributed by atoms with Crippen molar-refractivity contribution in [2.75, 3.05) is 44.8 Å². The number of rotatable bonds is 11. The zero-order valence-electron chi connectivity index (χ0n) is 29.4. The van der Waals surface area contributed by atoms with Gasteiger partial charge in [-0.3, -0.25) is 19.1 Å². The van der Waals surface area contributed by atoms with Crippen LogP contribution in [0.25, 0.3) is 16.6 Å². The van der Waals surface area contributed by atoms with E-state index in [9.17, 15) is 18.8 Å². The van der Waals surface area contributed by atoms with Crippen LogP contribution in [0.15, 0.2) is 76.6 Å². The molecule has 1 fully saturated rings. The third-order valence-electron chi connectivity index (χ3n) is 9.18. The molecule has 276 valence electrons. The Hall–Kier alpha value is -5.76. The zero-order chi connectivity index (χ0) is 37.1. The predicted octanol–water partition coefficient (Wildman–Crippen LogP) is 6.48. The van der Waals surface area contributed by atoms with Crippen molar-refractivity contribution >= 4 is 22.5 Å². The van der Waals surface area contributed by atoms with Crippen LogP contribution in [-0.2, 0) is 0 Å². The van der Waals surface area contributed by atoms with E-state index in [4.69, 9.17) is 18.9 Å². The Bertz CT molecular complexity index is 2270. The quantitative estimate of drug-likeness (QED) is 0.152. The number of aromatic nitrogens is 3. The standard InChI is InChI=1S/C39H39F2N5O7/c1-24(2)45-23-28(38(48)46(39(45)49)27-10-7-25(40)8-11-27)37(47)43-26-9-12-31(29(41)21-26)53-32-13-14-42-30-22-33(35-36(34(30)32)52-20-19-51-35)50-18-6-17-44-15-4-3-5-16-44/h7-14,21-24H,3-6,15-20H2,1-2H3,(H,43,47). The lowest BCUT2D eigenvalue weighted by Crippen LogP contribution is -2.42. The molecule has 7 rings (SSSR count). The molecule has 4 heterocycles. The van der Waals surface area contributed by atoms with Gasteiger partial charge >= 0.3 is 5.69 Å². The van der Waals surface area contributed by atoms with Crippen LogP contribution in [0.4, 0.5) is 14.5 Å². The van der Waals surface area contributed by atoms with Crippen LogP contribution in [0.3, 0.4) is 0 Å². The minimum Gasteiger partial charge on any atom is -0.489 e. The topological polar surface area (TPSA) is 126 Å². The van der Waals surface area contributed by atoms with Crippen molar-refractivity contribution in [3.63, 3.8) is 0 Å². The monoisotopic (exact) mass is 727 g/mol. The van der Waals surface area contributed by atoms with Gasteiger partial charge in [-0.15, -0.1) is 0 Å². The number of nitrogens with zero attached hydrogens (tertiary/aromatic N) is 4. The number of likely N-dealkylation sites (tertiary alicyclic amines) is 1. The Morgan fingerprint density at radius 2 is 1.68 bits per heavy atom. The van der Waals surface area contributed by atoms with Crippen LogP contribution in [-0.4, -0.2) is 64.4 Å². The fraction of sp³-hybridized carbons (Fsp3) is 0.333. The number of amides is 1. The normalized spacial score (nSPS) is 14.4. The number of carbonyl (C=O) groups excluding carboxylic acids is 1. The van der Waals surface area contributed by atoms with E-state index in [1.54, 1.807) is 26.0 Å². The van der Waals surface area contributed by atoms with Crippen molar-refractivity contribution in [3.05, 3.63) is 105 Å². The Labute approximate surface area is 303 Å². The molecular formula is C39H39F2N5O7. The van der Waals surface area contributed by atoms with E-state index in [-0.39, 0.29) is 28.4 Å². The number of anilines is 1. The largest absolute Gasteiger partial charge is 0.489 e. The third-order valence-corrected chi connectivity index (χ3v) is 9.18. The first-order valence-corrected chi connectivity index (χ1v) is 17.7. The first-order chi connectivity index (χ1) is 25.7. The number of benzene rings is 3. The summed E-state index contributed by atoms with van der Waals surface area (Å²) < 4.78 is 55.5. The molecular weight excluding hydrogens is 688 g/mol. The molecule has 1 N–H and O–H groups in total. The highest BCUT2D eigenvalue weighted by molar-refractivity contribution is 6.04. The summed E-state index contributed by atoms with van der Waals surface area (Å²) >= 11 is 0. The number of halogens is 2. The summed E-state index contributed by atoms with van der Waals surface area (Å²) in [6.07, 6.45) is 7.30. The van der Waals surface area contributed by atoms with E-state index < -0.39 is 34.8 Å². The molecule has 5 aromatic rings. The lowest BCUT2D eigenvalue weighted by molar-refractivity contribution is 0.102. The number of nitrogens with one attached hydrogen (secondary N) is 1. The minimum atomic E-state index is -0.915. The first kappa shape index (κ1) is 35.6. The summed E-state index contributed by atoms with van der Waals surface area (Å²) in [5.41, 5.74) is -1.35. The Morgan fingerprint density at radius 3 is 2.42 bits per heavy atom. The van der Waals surface area contributed by atoms with Crippen molar-refractivity contribution in [2.24, 2.45) is 0 Å². The molecule has 0 radical (unpaired) electrons. The molecule has 0 atom stereocenters. The van der Waals surface area contributed by atoms with Crippen molar-refractivity contribution < 1.29 is 32.5 Å². The Kier molecular flexibility index (Phi) is 10.4. The van der Waals surface area contributed by atoms with Gasteiger partial charge in [-0.1, -0.05) is 6.42 Å². The van der Waals surface area contributed by atoms with Gasteiger partial charge in [0.2, 0.25) is 5.75 Å². The molecule has 0 bridgehead atoms. The molecule has 2 aromatic heterocycles. The molecule has 0 aliphatic carbocycles. The molecule has 53 heavy (non-hydrogen) atoms. The van der Waals surface area contributed by atoms with Crippen LogP contribution in [0.2, 0.25) is 0 Å². The van der Waals surface area contributed by atoms with Gasteiger partial charge in [-0.2, -0.15) is 0 Å². The van der Waals surface area contributed by atoms with Gasteiger partial charge < -0.3 is 29.2 Å². The minimum absolute atomic E-state index is 0.0330. The number of fused-ring (bicyclic) bond motifs is 3. The molecule has 2 aliphatic heterocycles. The molecule has 2 aliphatic rings. The van der Waals surface area contributed by atoms with Crippen molar-refractivity contribution in [1.29, 1.82) is 0 Å². The molecule has 12 nitrogen and oxygen atoms in total. The number of hydrogen-bond acceptors (Lipinski definition) is 9. The molecule has 3 aromatic carbocycles. The SMILES string of the molecule is CC(C)n1cc(C(=O)Nc2ccc(Oc3ccnc4cc(OCCCN5CCCCC5)c5c(c34)OCCO5)c(F)c2)c(=O)n(-c2ccc(F)cc2)c1=O. The van der Waals surface area contributed by atoms with Crippen LogP contribution in [0.5, 0.6) is 28.7 Å². The van der Waals surface area contributed by atoms with Crippen LogP contribution >= 0.6 is 0 Å². The maximum absolute atomic E-state index is 15.6. The van der Waals surface area contributed by atoms with E-state index in [1.165, 1.54) is 54.3 Å². The number of carbonyl (C=O) groups is 1. The van der Waals surface area contributed by atoms with Crippen molar-refractivity contribution in [3.8, 4) is 34.4 Å². The van der Waals surface area contributed by atoms with Crippen molar-refractivity contribution in [2.45, 2.75) is 45.6 Å². The van der Waals surface area contributed by atoms with Gasteiger partial charge in [0, 0.05) is 42.8 Å². The summed E-state index contributed by atoms with van der Waals surface area (Å²) in [4.78, 5) is 47.0. The van der Waals surface area contributed by atoms with Crippen LogP contribution in [0, 0.1) is 11.6 Å². The molecule has 0 unspecified atom stereocenters. The Balaban J connectivity index is 1.11. The molecule has 0 saturated carbocycles. The maximum atomic E-state index is 15.6. The first-order valence-electron chi connectivity index (χ1n) is 17.7. The van der Waals surface area contributed by atoms with E-state index in [1.807, 2.05) is 0 Å². The van der Waals surface area contributed by atoms with E-state index in [2.05, 4.69) is 15.2 Å². The average Bonchev–Trinajstić information content (AvgIpc) is 3.15. The smallest absolute Gasteiger partial charge is 0.335 e. The fourth-order valence-corrected chi connectivity index (χ4v) is 6.51. The lowest BCUT2D eigenvalue weighted by atomic mass is 10.1. The summed E-state index contributed by atoms with van der Waals surface area (Å²) in [5, 5.41) is 3.02. The highest BCUT2D eigenvalue weighted by Crippen LogP contribution is 2.48. The number of pyridine rings is 1. The highest BCUT2D eigenvalue weighted by Gasteiger charge is 2.26. The second-order valence-corrected chi connectivity index (χ2v) is 13.2. The molecule has 1 amide bonds. The summed E-state index contributed by atoms with van der Waals surface area (Å²) in [5.74, 6) is -0.782. The third kappa shape index (κ3) is 7.58. The number of piperidine rings is 1. The van der Waals surface area contributed by atoms with Gasteiger partial charge in [0.15, 0.2) is 23.1 Å². The van der Waals surface area contributed by atoms with Crippen LogP contribution < -0.4 is 35.5 Å². The molecule has 1 saturated heterocycles. The van der Waals surface area contributed by atoms with Gasteiger partial charge in [0.25, 0.3) is 11.5 Å². The number of hydrogen-bond donors (Lipinski definition) is 1. The van der Waals surface area contributed by atoms with Gasteiger partial charge in [-0.25, -0.2) is 18.1 Å². The molecule has 14 heteroatoms. The second-order valence-electron chi connectivity index (χ2n) is 13.2. The van der Waals surface area contributed by atoms with Gasteiger partial charge in [0.05, 0.1) is 23.2 Å². The second kappa shape index (κ2) is 15.5. The van der Waals surface area contributed by atoms with Crippen molar-refractivity contribution in [1.82, 2.24) is 19.0 Å². The summed E-state index contributed by atoms with van der Waals surface area (Å²) in [6.45, 7) is 7.73.